The molecule has 0 aliphatic carbocycles. The van der Waals surface area contributed by atoms with Crippen LogP contribution in [0.25, 0.3) is 11.0 Å². The number of para-hydroxylation sites is 1. The molecule has 0 saturated heterocycles. The largest absolute Gasteiger partial charge is 0.486 e. The number of hydrogen-bond donors (Lipinski definition) is 0. The predicted octanol–water partition coefficient (Wildman–Crippen LogP) is 5.05. The summed E-state index contributed by atoms with van der Waals surface area (Å²) >= 11 is 0. The highest BCUT2D eigenvalue weighted by atomic mass is 16.6. The fourth-order valence-corrected chi connectivity index (χ4v) is 3.65. The van der Waals surface area contributed by atoms with Crippen LogP contribution in [0, 0.1) is 0 Å². The molecule has 1 aliphatic heterocycles. The molecule has 0 bridgehead atoms. The molecule has 0 unspecified atom stereocenters. The summed E-state index contributed by atoms with van der Waals surface area (Å²) in [4.78, 5) is 15.2. The van der Waals surface area contributed by atoms with Gasteiger partial charge < -0.3 is 18.8 Å². The molecule has 0 spiro atoms. The van der Waals surface area contributed by atoms with Crippen molar-refractivity contribution in [2.45, 2.75) is 13.1 Å². The van der Waals surface area contributed by atoms with Gasteiger partial charge in [-0.15, -0.1) is 0 Å². The number of fused-ring (bicyclic) bond motifs is 2. The molecule has 0 radical (unpaired) electrons. The number of ether oxygens (including phenoxy) is 2. The summed E-state index contributed by atoms with van der Waals surface area (Å²) in [6.07, 6.45) is 0. The molecule has 30 heavy (non-hydrogen) atoms. The second-order valence-corrected chi connectivity index (χ2v) is 7.27. The van der Waals surface area contributed by atoms with E-state index in [9.17, 15) is 4.79 Å². The van der Waals surface area contributed by atoms with Gasteiger partial charge in [0.2, 0.25) is 0 Å². The molecule has 1 aliphatic rings. The maximum Gasteiger partial charge on any atom is 0.290 e. The molecular weight excluding hydrogens is 378 g/mol. The molecule has 150 valence electrons. The first-order valence-electron chi connectivity index (χ1n) is 9.96. The van der Waals surface area contributed by atoms with Crippen LogP contribution >= 0.6 is 0 Å². The monoisotopic (exact) mass is 399 g/mol. The van der Waals surface area contributed by atoms with Gasteiger partial charge in [0.25, 0.3) is 5.91 Å². The van der Waals surface area contributed by atoms with E-state index < -0.39 is 0 Å². The Morgan fingerprint density at radius 2 is 1.50 bits per heavy atom. The average molecular weight is 399 g/mol. The van der Waals surface area contributed by atoms with Crippen LogP contribution in [0.4, 0.5) is 0 Å². The van der Waals surface area contributed by atoms with Crippen LogP contribution in [0.15, 0.2) is 83.3 Å². The second-order valence-electron chi connectivity index (χ2n) is 7.27. The molecule has 2 heterocycles. The van der Waals surface area contributed by atoms with E-state index in [0.29, 0.717) is 37.6 Å². The zero-order valence-electron chi connectivity index (χ0n) is 16.4. The topological polar surface area (TPSA) is 51.9 Å². The van der Waals surface area contributed by atoms with E-state index in [-0.39, 0.29) is 5.91 Å². The molecule has 1 aromatic heterocycles. The Hall–Kier alpha value is -3.73. The van der Waals surface area contributed by atoms with E-state index >= 15 is 0 Å². The summed E-state index contributed by atoms with van der Waals surface area (Å²) in [5.41, 5.74) is 2.74. The first-order valence-corrected chi connectivity index (χ1v) is 9.96. The Labute approximate surface area is 174 Å². The van der Waals surface area contributed by atoms with Crippen LogP contribution in [0.2, 0.25) is 0 Å². The number of benzene rings is 3. The Kier molecular flexibility index (Phi) is 4.85. The number of hydrogen-bond acceptors (Lipinski definition) is 4. The summed E-state index contributed by atoms with van der Waals surface area (Å²) in [5.74, 6) is 1.65. The highest BCUT2D eigenvalue weighted by Crippen LogP contribution is 2.31. The zero-order chi connectivity index (χ0) is 20.3. The Morgan fingerprint density at radius 3 is 2.33 bits per heavy atom. The Morgan fingerprint density at radius 1 is 0.767 bits per heavy atom. The SMILES string of the molecule is O=C(c1cc2ccccc2o1)N(Cc1ccccc1)Cc1ccc2c(c1)OCCO2. The van der Waals surface area contributed by atoms with Crippen LogP contribution < -0.4 is 9.47 Å². The molecule has 0 saturated carbocycles. The fraction of sp³-hybridized carbons (Fsp3) is 0.160. The standard InChI is InChI=1S/C25H21NO4/c27-25(24-15-20-8-4-5-9-21(20)30-24)26(16-18-6-2-1-3-7-18)17-19-10-11-22-23(14-19)29-13-12-28-22/h1-11,14-15H,12-13,16-17H2. The molecule has 4 aromatic rings. The van der Waals surface area contributed by atoms with Gasteiger partial charge in [-0.3, -0.25) is 4.79 Å². The van der Waals surface area contributed by atoms with E-state index in [0.717, 1.165) is 28.0 Å². The van der Waals surface area contributed by atoms with Crippen molar-refractivity contribution in [2.75, 3.05) is 13.2 Å². The van der Waals surface area contributed by atoms with E-state index in [1.807, 2.05) is 72.8 Å². The summed E-state index contributed by atoms with van der Waals surface area (Å²) in [6.45, 7) is 1.99. The Balaban J connectivity index is 1.46. The summed E-state index contributed by atoms with van der Waals surface area (Å²) in [5, 5.41) is 0.917. The average Bonchev–Trinajstić information content (AvgIpc) is 3.23. The number of carbonyl (C=O) groups is 1. The van der Waals surface area contributed by atoms with Gasteiger partial charge in [-0.1, -0.05) is 54.6 Å². The molecule has 3 aromatic carbocycles. The second kappa shape index (κ2) is 7.95. The molecular formula is C25H21NO4. The number of rotatable bonds is 5. The van der Waals surface area contributed by atoms with Crippen molar-refractivity contribution in [3.63, 3.8) is 0 Å². The van der Waals surface area contributed by atoms with Crippen molar-refractivity contribution >= 4 is 16.9 Å². The van der Waals surface area contributed by atoms with Crippen molar-refractivity contribution in [2.24, 2.45) is 0 Å². The van der Waals surface area contributed by atoms with Crippen molar-refractivity contribution in [1.29, 1.82) is 0 Å². The Bertz CT molecular complexity index is 1150. The molecule has 5 heteroatoms. The van der Waals surface area contributed by atoms with Gasteiger partial charge in [0.15, 0.2) is 17.3 Å². The smallest absolute Gasteiger partial charge is 0.290 e. The van der Waals surface area contributed by atoms with Crippen LogP contribution in [0.1, 0.15) is 21.7 Å². The lowest BCUT2D eigenvalue weighted by Gasteiger charge is -2.24. The normalized spacial score (nSPS) is 12.7. The first-order chi connectivity index (χ1) is 14.8. The van der Waals surface area contributed by atoms with Gasteiger partial charge >= 0.3 is 0 Å². The molecule has 5 rings (SSSR count). The number of carbonyl (C=O) groups excluding carboxylic acids is 1. The maximum atomic E-state index is 13.4. The third-order valence-corrected chi connectivity index (χ3v) is 5.12. The zero-order valence-corrected chi connectivity index (χ0v) is 16.4. The van der Waals surface area contributed by atoms with Gasteiger partial charge in [0, 0.05) is 18.5 Å². The summed E-state index contributed by atoms with van der Waals surface area (Å²) in [7, 11) is 0. The van der Waals surface area contributed by atoms with Gasteiger partial charge in [0.1, 0.15) is 18.8 Å². The fourth-order valence-electron chi connectivity index (χ4n) is 3.65. The lowest BCUT2D eigenvalue weighted by atomic mass is 10.1. The molecule has 0 N–H and O–H groups in total. The molecule has 0 atom stereocenters. The van der Waals surface area contributed by atoms with Crippen LogP contribution in [0.3, 0.4) is 0 Å². The van der Waals surface area contributed by atoms with Gasteiger partial charge in [-0.25, -0.2) is 0 Å². The first kappa shape index (κ1) is 18.3. The lowest BCUT2D eigenvalue weighted by molar-refractivity contribution is 0.0699. The minimum atomic E-state index is -0.148. The number of amides is 1. The highest BCUT2D eigenvalue weighted by Gasteiger charge is 2.22. The van der Waals surface area contributed by atoms with E-state index in [4.69, 9.17) is 13.9 Å². The third kappa shape index (κ3) is 3.74. The van der Waals surface area contributed by atoms with Crippen molar-refractivity contribution in [3.8, 4) is 11.5 Å². The van der Waals surface area contributed by atoms with E-state index in [2.05, 4.69) is 0 Å². The summed E-state index contributed by atoms with van der Waals surface area (Å²) < 4.78 is 17.2. The van der Waals surface area contributed by atoms with E-state index in [1.165, 1.54) is 0 Å². The molecule has 5 nitrogen and oxygen atoms in total. The van der Waals surface area contributed by atoms with Crippen molar-refractivity contribution in [1.82, 2.24) is 4.90 Å². The lowest BCUT2D eigenvalue weighted by Crippen LogP contribution is -2.30. The number of nitrogens with zero attached hydrogens (tertiary/aromatic N) is 1. The maximum absolute atomic E-state index is 13.4. The quantitative estimate of drug-likeness (QED) is 0.471. The van der Waals surface area contributed by atoms with Crippen LogP contribution in [-0.2, 0) is 13.1 Å². The predicted molar refractivity (Wildman–Crippen MR) is 114 cm³/mol. The minimum Gasteiger partial charge on any atom is -0.486 e. The van der Waals surface area contributed by atoms with Crippen molar-refractivity contribution in [3.05, 3.63) is 95.7 Å². The van der Waals surface area contributed by atoms with Crippen LogP contribution in [0.5, 0.6) is 11.5 Å². The van der Waals surface area contributed by atoms with Gasteiger partial charge in [-0.2, -0.15) is 0 Å². The summed E-state index contributed by atoms with van der Waals surface area (Å²) in [6, 6.07) is 25.2. The molecule has 1 amide bonds. The van der Waals surface area contributed by atoms with Gasteiger partial charge in [-0.05, 0) is 35.4 Å². The van der Waals surface area contributed by atoms with Crippen molar-refractivity contribution < 1.29 is 18.7 Å². The third-order valence-electron chi connectivity index (χ3n) is 5.12. The minimum absolute atomic E-state index is 0.148. The highest BCUT2D eigenvalue weighted by molar-refractivity contribution is 5.96. The van der Waals surface area contributed by atoms with Crippen LogP contribution in [-0.4, -0.2) is 24.0 Å². The number of furan rings is 1. The van der Waals surface area contributed by atoms with Gasteiger partial charge in [0.05, 0.1) is 0 Å². The van der Waals surface area contributed by atoms with E-state index in [1.54, 1.807) is 11.0 Å². The molecule has 0 fully saturated rings.